The van der Waals surface area contributed by atoms with Crippen LogP contribution in [0.4, 0.5) is 0 Å². The van der Waals surface area contributed by atoms with E-state index in [1.54, 1.807) is 0 Å². The molecule has 0 aromatic heterocycles. The summed E-state index contributed by atoms with van der Waals surface area (Å²) in [7, 11) is 1.98. The molecule has 0 heterocycles. The molecule has 1 aliphatic rings. The standard InChI is InChI=1S/C13H25NO2/c1-5-10(3)9-13(6-2,12(15)16)14(4)11-7-8-11/h10-11H,5-9H2,1-4H3,(H,15,16). The highest BCUT2D eigenvalue weighted by Gasteiger charge is 2.46. The molecule has 3 nitrogen and oxygen atoms in total. The van der Waals surface area contributed by atoms with Gasteiger partial charge in [0.25, 0.3) is 0 Å². The molecule has 1 fully saturated rings. The van der Waals surface area contributed by atoms with E-state index in [2.05, 4.69) is 18.7 Å². The van der Waals surface area contributed by atoms with E-state index in [0.717, 1.165) is 25.7 Å². The normalized spacial score (nSPS) is 21.8. The number of nitrogens with zero attached hydrogens (tertiary/aromatic N) is 1. The maximum Gasteiger partial charge on any atom is 0.324 e. The largest absolute Gasteiger partial charge is 0.480 e. The molecule has 0 aromatic rings. The third-order valence-electron chi connectivity index (χ3n) is 4.14. The molecular weight excluding hydrogens is 202 g/mol. The first-order valence-electron chi connectivity index (χ1n) is 6.44. The number of carboxylic acid groups (broad SMARTS) is 1. The molecule has 2 unspecified atom stereocenters. The van der Waals surface area contributed by atoms with Gasteiger partial charge in [-0.25, -0.2) is 0 Å². The molecule has 0 radical (unpaired) electrons. The molecule has 0 amide bonds. The van der Waals surface area contributed by atoms with E-state index in [1.165, 1.54) is 0 Å². The maximum absolute atomic E-state index is 11.6. The third kappa shape index (κ3) is 2.57. The van der Waals surface area contributed by atoms with Gasteiger partial charge in [0.15, 0.2) is 0 Å². The zero-order valence-corrected chi connectivity index (χ0v) is 11.0. The van der Waals surface area contributed by atoms with Gasteiger partial charge in [0.05, 0.1) is 0 Å². The van der Waals surface area contributed by atoms with Crippen molar-refractivity contribution in [1.82, 2.24) is 4.90 Å². The molecule has 1 aliphatic carbocycles. The summed E-state index contributed by atoms with van der Waals surface area (Å²) in [6.45, 7) is 6.27. The summed E-state index contributed by atoms with van der Waals surface area (Å²) in [5.41, 5.74) is -0.642. The van der Waals surface area contributed by atoms with E-state index >= 15 is 0 Å². The lowest BCUT2D eigenvalue weighted by molar-refractivity contribution is -0.153. The van der Waals surface area contributed by atoms with Crippen LogP contribution >= 0.6 is 0 Å². The third-order valence-corrected chi connectivity index (χ3v) is 4.14. The SMILES string of the molecule is CCC(C)CC(CC)(C(=O)O)N(C)C1CC1. The first kappa shape index (κ1) is 13.5. The fourth-order valence-corrected chi connectivity index (χ4v) is 2.46. The van der Waals surface area contributed by atoms with Gasteiger partial charge >= 0.3 is 5.97 Å². The number of hydrogen-bond acceptors (Lipinski definition) is 2. The first-order valence-corrected chi connectivity index (χ1v) is 6.44. The molecule has 0 aromatic carbocycles. The van der Waals surface area contributed by atoms with Crippen molar-refractivity contribution >= 4 is 5.97 Å². The Kier molecular flexibility index (Phi) is 4.36. The molecule has 2 atom stereocenters. The highest BCUT2D eigenvalue weighted by atomic mass is 16.4. The Labute approximate surface area is 98.8 Å². The maximum atomic E-state index is 11.6. The lowest BCUT2D eigenvalue weighted by Gasteiger charge is -2.39. The second-order valence-electron chi connectivity index (χ2n) is 5.25. The predicted molar refractivity (Wildman–Crippen MR) is 65.5 cm³/mol. The smallest absolute Gasteiger partial charge is 0.324 e. The van der Waals surface area contributed by atoms with Crippen molar-refractivity contribution < 1.29 is 9.90 Å². The summed E-state index contributed by atoms with van der Waals surface area (Å²) in [4.78, 5) is 13.7. The van der Waals surface area contributed by atoms with Crippen molar-refractivity contribution in [3.8, 4) is 0 Å². The van der Waals surface area contributed by atoms with Crippen LogP contribution in [-0.2, 0) is 4.79 Å². The molecule has 3 heteroatoms. The molecule has 94 valence electrons. The molecule has 16 heavy (non-hydrogen) atoms. The van der Waals surface area contributed by atoms with Crippen molar-refractivity contribution in [1.29, 1.82) is 0 Å². The highest BCUT2D eigenvalue weighted by molar-refractivity contribution is 5.78. The van der Waals surface area contributed by atoms with E-state index in [4.69, 9.17) is 0 Å². The Bertz CT molecular complexity index is 250. The summed E-state index contributed by atoms with van der Waals surface area (Å²) in [6, 6.07) is 0.500. The van der Waals surface area contributed by atoms with Gasteiger partial charge in [-0.2, -0.15) is 0 Å². The molecular formula is C13H25NO2. The van der Waals surface area contributed by atoms with Gasteiger partial charge in [-0.15, -0.1) is 0 Å². The minimum atomic E-state index is -0.648. The quantitative estimate of drug-likeness (QED) is 0.727. The molecule has 0 spiro atoms. The number of hydrogen-bond donors (Lipinski definition) is 1. The second kappa shape index (κ2) is 5.17. The summed E-state index contributed by atoms with van der Waals surface area (Å²) >= 11 is 0. The zero-order chi connectivity index (χ0) is 12.3. The predicted octanol–water partition coefficient (Wildman–Crippen LogP) is 2.75. The van der Waals surface area contributed by atoms with Crippen molar-refractivity contribution in [2.24, 2.45) is 5.92 Å². The van der Waals surface area contributed by atoms with Crippen LogP contribution < -0.4 is 0 Å². The van der Waals surface area contributed by atoms with Crippen LogP contribution in [0, 0.1) is 5.92 Å². The molecule has 0 saturated heterocycles. The van der Waals surface area contributed by atoms with Crippen LogP contribution in [0.15, 0.2) is 0 Å². The van der Waals surface area contributed by atoms with E-state index in [-0.39, 0.29) is 0 Å². The fraction of sp³-hybridized carbons (Fsp3) is 0.923. The summed E-state index contributed by atoms with van der Waals surface area (Å²) in [6.07, 6.45) is 4.83. The van der Waals surface area contributed by atoms with Crippen LogP contribution in [0.5, 0.6) is 0 Å². The van der Waals surface area contributed by atoms with Gasteiger partial charge in [0, 0.05) is 6.04 Å². The minimum Gasteiger partial charge on any atom is -0.480 e. The average molecular weight is 227 g/mol. The number of carbonyl (C=O) groups is 1. The minimum absolute atomic E-state index is 0.470. The Hall–Kier alpha value is -0.570. The van der Waals surface area contributed by atoms with Crippen LogP contribution in [0.25, 0.3) is 0 Å². The molecule has 1 saturated carbocycles. The first-order chi connectivity index (χ1) is 7.47. The van der Waals surface area contributed by atoms with Crippen LogP contribution in [0.3, 0.4) is 0 Å². The number of aliphatic carboxylic acids is 1. The fourth-order valence-electron chi connectivity index (χ4n) is 2.46. The van der Waals surface area contributed by atoms with Gasteiger partial charge in [0.1, 0.15) is 5.54 Å². The lowest BCUT2D eigenvalue weighted by atomic mass is 9.83. The van der Waals surface area contributed by atoms with Gasteiger partial charge in [-0.1, -0.05) is 27.2 Å². The Morgan fingerprint density at radius 1 is 1.50 bits per heavy atom. The van der Waals surface area contributed by atoms with Crippen molar-refractivity contribution in [3.05, 3.63) is 0 Å². The van der Waals surface area contributed by atoms with Gasteiger partial charge in [-0.05, 0) is 38.6 Å². The van der Waals surface area contributed by atoms with Gasteiger partial charge in [-0.3, -0.25) is 9.69 Å². The van der Waals surface area contributed by atoms with Crippen molar-refractivity contribution in [2.45, 2.75) is 64.5 Å². The molecule has 0 bridgehead atoms. The van der Waals surface area contributed by atoms with Crippen LogP contribution in [0.2, 0.25) is 0 Å². The van der Waals surface area contributed by atoms with Crippen LogP contribution in [-0.4, -0.2) is 34.6 Å². The molecule has 1 rings (SSSR count). The lowest BCUT2D eigenvalue weighted by Crippen LogP contribution is -2.54. The summed E-state index contributed by atoms with van der Waals surface area (Å²) < 4.78 is 0. The van der Waals surface area contributed by atoms with Crippen LogP contribution in [0.1, 0.15) is 52.9 Å². The Morgan fingerprint density at radius 3 is 2.38 bits per heavy atom. The van der Waals surface area contributed by atoms with E-state index in [9.17, 15) is 9.90 Å². The molecule has 0 aliphatic heterocycles. The van der Waals surface area contributed by atoms with Gasteiger partial charge < -0.3 is 5.11 Å². The molecule has 1 N–H and O–H groups in total. The summed E-state index contributed by atoms with van der Waals surface area (Å²) in [5, 5.41) is 9.57. The van der Waals surface area contributed by atoms with Gasteiger partial charge in [0.2, 0.25) is 0 Å². The van der Waals surface area contributed by atoms with Crippen molar-refractivity contribution in [3.63, 3.8) is 0 Å². The number of carboxylic acids is 1. The monoisotopic (exact) mass is 227 g/mol. The van der Waals surface area contributed by atoms with Crippen molar-refractivity contribution in [2.75, 3.05) is 7.05 Å². The van der Waals surface area contributed by atoms with E-state index in [1.807, 2.05) is 14.0 Å². The highest BCUT2D eigenvalue weighted by Crippen LogP contribution is 2.37. The Morgan fingerprint density at radius 2 is 2.06 bits per heavy atom. The number of likely N-dealkylation sites (N-methyl/N-ethyl adjacent to an activating group) is 1. The second-order valence-corrected chi connectivity index (χ2v) is 5.25. The zero-order valence-electron chi connectivity index (χ0n) is 11.0. The van der Waals surface area contributed by atoms with E-state index in [0.29, 0.717) is 18.4 Å². The topological polar surface area (TPSA) is 40.5 Å². The van der Waals surface area contributed by atoms with E-state index < -0.39 is 11.5 Å². The number of rotatable bonds is 7. The summed E-state index contributed by atoms with van der Waals surface area (Å²) in [5.74, 6) is -0.179. The Balaban J connectivity index is 2.84. The average Bonchev–Trinajstić information content (AvgIpc) is 3.07.